The Kier molecular flexibility index (Phi) is 24.4. The monoisotopic (exact) mass is 854 g/mol. The molecule has 0 heterocycles. The highest BCUT2D eigenvalue weighted by atomic mass is 16.5. The molecule has 0 aromatic rings. The van der Waals surface area contributed by atoms with Crippen molar-refractivity contribution in [3.05, 3.63) is 11.6 Å². The maximum absolute atomic E-state index is 13.1. The number of carbonyl (C=O) groups is 2. The molecule has 4 aliphatic carbocycles. The summed E-state index contributed by atoms with van der Waals surface area (Å²) in [7, 11) is 0. The van der Waals surface area contributed by atoms with Crippen molar-refractivity contribution in [1.29, 1.82) is 0 Å². The van der Waals surface area contributed by atoms with Gasteiger partial charge in [0.05, 0.1) is 6.61 Å². The van der Waals surface area contributed by atoms with Crippen LogP contribution < -0.4 is 0 Å². The number of allylic oxidation sites excluding steroid dienone is 1. The van der Waals surface area contributed by atoms with Gasteiger partial charge in [-0.2, -0.15) is 0 Å². The predicted molar refractivity (Wildman–Crippen MR) is 255 cm³/mol. The van der Waals surface area contributed by atoms with Crippen LogP contribution in [0.5, 0.6) is 0 Å². The fraction of sp³-hybridized carbons (Fsp3) is 0.927. The van der Waals surface area contributed by atoms with Crippen LogP contribution in [0, 0.1) is 46.3 Å². The molecule has 1 N–H and O–H groups in total. The van der Waals surface area contributed by atoms with E-state index in [2.05, 4.69) is 52.5 Å². The Bertz CT molecular complexity index is 1250. The fourth-order valence-electron chi connectivity index (χ4n) is 13.2. The Morgan fingerprint density at radius 1 is 0.705 bits per heavy atom. The van der Waals surface area contributed by atoms with E-state index in [0.29, 0.717) is 24.9 Å². The highest BCUT2D eigenvalue weighted by molar-refractivity contribution is 5.69. The first-order valence-electron chi connectivity index (χ1n) is 26.9. The maximum Gasteiger partial charge on any atom is 0.306 e. The van der Waals surface area contributed by atoms with Gasteiger partial charge in [0.1, 0.15) is 6.10 Å². The molecule has 0 aromatic heterocycles. The van der Waals surface area contributed by atoms with E-state index in [-0.39, 0.29) is 30.1 Å². The first-order chi connectivity index (χ1) is 29.5. The number of hydrogen-bond acceptors (Lipinski definition) is 6. The zero-order valence-corrected chi connectivity index (χ0v) is 41.1. The summed E-state index contributed by atoms with van der Waals surface area (Å²) in [5, 5.41) is 9.35. The number of unbranched alkanes of at least 4 members (excludes halogenated alkanes) is 14. The van der Waals surface area contributed by atoms with Gasteiger partial charge in [-0.1, -0.05) is 143 Å². The third-order valence-electron chi connectivity index (χ3n) is 16.9. The van der Waals surface area contributed by atoms with Crippen molar-refractivity contribution in [3.63, 3.8) is 0 Å². The van der Waals surface area contributed by atoms with Crippen LogP contribution in [0.3, 0.4) is 0 Å². The van der Waals surface area contributed by atoms with Gasteiger partial charge in [-0.05, 0) is 156 Å². The summed E-state index contributed by atoms with van der Waals surface area (Å²) in [6, 6.07) is 0. The second kappa shape index (κ2) is 28.5. The molecule has 0 bridgehead atoms. The van der Waals surface area contributed by atoms with Crippen LogP contribution in [0.1, 0.15) is 241 Å². The lowest BCUT2D eigenvalue weighted by Crippen LogP contribution is -2.51. The minimum atomic E-state index is -0.0308. The van der Waals surface area contributed by atoms with Crippen LogP contribution in [-0.4, -0.2) is 60.9 Å². The van der Waals surface area contributed by atoms with E-state index in [0.717, 1.165) is 132 Å². The number of carbonyl (C=O) groups excluding carboxylic acids is 2. The number of hydrogen-bond donors (Lipinski definition) is 1. The van der Waals surface area contributed by atoms with Gasteiger partial charge >= 0.3 is 11.9 Å². The van der Waals surface area contributed by atoms with Crippen LogP contribution in [0.2, 0.25) is 0 Å². The molecule has 354 valence electrons. The molecule has 0 aromatic carbocycles. The van der Waals surface area contributed by atoms with E-state index in [1.54, 1.807) is 5.57 Å². The van der Waals surface area contributed by atoms with Crippen molar-refractivity contribution >= 4 is 11.9 Å². The summed E-state index contributed by atoms with van der Waals surface area (Å²) in [6.07, 6.45) is 38.6. The first-order valence-corrected chi connectivity index (χ1v) is 26.9. The fourth-order valence-corrected chi connectivity index (χ4v) is 13.2. The Hall–Kier alpha value is -1.40. The van der Waals surface area contributed by atoms with Crippen molar-refractivity contribution in [1.82, 2.24) is 4.90 Å². The molecular formula is C55H99NO5. The lowest BCUT2D eigenvalue weighted by atomic mass is 9.47. The average molecular weight is 854 g/mol. The maximum atomic E-state index is 13.1. The van der Waals surface area contributed by atoms with E-state index in [1.807, 2.05) is 0 Å². The van der Waals surface area contributed by atoms with Gasteiger partial charge in [-0.25, -0.2) is 0 Å². The normalized spacial score (nSPS) is 27.7. The summed E-state index contributed by atoms with van der Waals surface area (Å²) in [6.45, 7) is 18.8. The summed E-state index contributed by atoms with van der Waals surface area (Å²) in [5.41, 5.74) is 2.43. The van der Waals surface area contributed by atoms with Gasteiger partial charge in [0, 0.05) is 25.9 Å². The topological polar surface area (TPSA) is 76.1 Å². The molecule has 3 saturated carbocycles. The number of aliphatic hydroxyl groups excluding tert-OH is 1. The Balaban J connectivity index is 1.06. The molecule has 6 nitrogen and oxygen atoms in total. The highest BCUT2D eigenvalue weighted by Gasteiger charge is 2.59. The zero-order valence-electron chi connectivity index (χ0n) is 41.1. The molecule has 3 fully saturated rings. The number of rotatable bonds is 33. The molecule has 61 heavy (non-hydrogen) atoms. The van der Waals surface area contributed by atoms with Crippen LogP contribution in [0.4, 0.5) is 0 Å². The molecule has 0 aliphatic heterocycles. The molecule has 6 heteroatoms. The van der Waals surface area contributed by atoms with Crippen molar-refractivity contribution in [2.75, 3.05) is 32.8 Å². The first kappa shape index (κ1) is 52.2. The van der Waals surface area contributed by atoms with E-state index >= 15 is 0 Å². The SMILES string of the molecule is CCCCCCCCCCCOC(=O)CCCCCCN(CCCCO)CCCCCC(=O)OC1CCC2(C)C(=CCC3C2CCC2(C)C(C(C)CCCC(C)C)CCC32)C1. The molecule has 8 atom stereocenters. The van der Waals surface area contributed by atoms with Gasteiger partial charge in [0.2, 0.25) is 0 Å². The zero-order chi connectivity index (χ0) is 43.9. The van der Waals surface area contributed by atoms with Crippen molar-refractivity contribution in [2.24, 2.45) is 46.3 Å². The largest absolute Gasteiger partial charge is 0.466 e. The molecule has 8 unspecified atom stereocenters. The van der Waals surface area contributed by atoms with Gasteiger partial charge < -0.3 is 19.5 Å². The highest BCUT2D eigenvalue weighted by Crippen LogP contribution is 2.67. The van der Waals surface area contributed by atoms with Gasteiger partial charge in [-0.3, -0.25) is 9.59 Å². The number of esters is 2. The Morgan fingerprint density at radius 2 is 1.33 bits per heavy atom. The summed E-state index contributed by atoms with van der Waals surface area (Å²) in [5.74, 6) is 5.07. The molecule has 0 radical (unpaired) electrons. The van der Waals surface area contributed by atoms with Crippen molar-refractivity contribution < 1.29 is 24.2 Å². The predicted octanol–water partition coefficient (Wildman–Crippen LogP) is 14.6. The van der Waals surface area contributed by atoms with Gasteiger partial charge in [-0.15, -0.1) is 0 Å². The van der Waals surface area contributed by atoms with Crippen molar-refractivity contribution in [3.8, 4) is 0 Å². The summed E-state index contributed by atoms with van der Waals surface area (Å²) < 4.78 is 11.7. The molecule has 4 rings (SSSR count). The number of ether oxygens (including phenoxy) is 2. The van der Waals surface area contributed by atoms with E-state index in [9.17, 15) is 14.7 Å². The third kappa shape index (κ3) is 17.2. The molecule has 0 amide bonds. The summed E-state index contributed by atoms with van der Waals surface area (Å²) >= 11 is 0. The van der Waals surface area contributed by atoms with E-state index in [4.69, 9.17) is 9.47 Å². The van der Waals surface area contributed by atoms with Crippen molar-refractivity contribution in [2.45, 2.75) is 247 Å². The average Bonchev–Trinajstić information content (AvgIpc) is 3.59. The minimum Gasteiger partial charge on any atom is -0.466 e. The van der Waals surface area contributed by atoms with Crippen LogP contribution >= 0.6 is 0 Å². The number of aliphatic hydroxyl groups is 1. The third-order valence-corrected chi connectivity index (χ3v) is 16.9. The van der Waals surface area contributed by atoms with Crippen LogP contribution in [-0.2, 0) is 19.1 Å². The van der Waals surface area contributed by atoms with Crippen LogP contribution in [0.15, 0.2) is 11.6 Å². The van der Waals surface area contributed by atoms with Gasteiger partial charge in [0.25, 0.3) is 0 Å². The lowest BCUT2D eigenvalue weighted by molar-refractivity contribution is -0.151. The van der Waals surface area contributed by atoms with E-state index < -0.39 is 0 Å². The summed E-state index contributed by atoms with van der Waals surface area (Å²) in [4.78, 5) is 27.8. The van der Waals surface area contributed by atoms with Gasteiger partial charge in [0.15, 0.2) is 0 Å². The number of nitrogens with zero attached hydrogens (tertiary/aromatic N) is 1. The minimum absolute atomic E-state index is 0.00279. The molecule has 0 spiro atoms. The quantitative estimate of drug-likeness (QED) is 0.0403. The standard InChI is InChI=1S/C55H99NO5/c1-7-8-9-10-11-12-13-16-24-42-60-52(58)28-18-14-15-20-38-56(40-22-23-41-57)39-21-17-19-29-53(59)61-47-34-36-54(5)46(43-47)30-31-48-50-33-32-49(45(4)27-25-26-44(2)3)55(50,6)37-35-51(48)54/h30,44-45,47-51,57H,7-29,31-43H2,1-6H3. The molecular weight excluding hydrogens is 755 g/mol. The second-order valence-electron chi connectivity index (χ2n) is 21.9. The Labute approximate surface area is 377 Å². The lowest BCUT2D eigenvalue weighted by Gasteiger charge is -2.58. The molecule has 0 saturated heterocycles. The second-order valence-corrected chi connectivity index (χ2v) is 21.9. The smallest absolute Gasteiger partial charge is 0.306 e. The van der Waals surface area contributed by atoms with E-state index in [1.165, 1.54) is 109 Å². The number of fused-ring (bicyclic) bond motifs is 5. The van der Waals surface area contributed by atoms with Crippen LogP contribution in [0.25, 0.3) is 0 Å². The molecule has 4 aliphatic rings. The Morgan fingerprint density at radius 3 is 2.02 bits per heavy atom.